The van der Waals surface area contributed by atoms with E-state index in [1.165, 1.54) is 12.3 Å². The van der Waals surface area contributed by atoms with Crippen molar-refractivity contribution in [2.75, 3.05) is 5.32 Å². The summed E-state index contributed by atoms with van der Waals surface area (Å²) in [4.78, 5) is 24.4. The fraction of sp³-hybridized carbons (Fsp3) is 0.455. The van der Waals surface area contributed by atoms with Crippen molar-refractivity contribution >= 4 is 33.4 Å². The van der Waals surface area contributed by atoms with E-state index in [1.807, 2.05) is 6.92 Å². The Hall–Kier alpha value is -1.70. The Bertz CT molecular complexity index is 481. The predicted molar refractivity (Wildman–Crippen MR) is 73.2 cm³/mol. The van der Waals surface area contributed by atoms with Crippen molar-refractivity contribution in [2.45, 2.75) is 32.2 Å². The van der Waals surface area contributed by atoms with Crippen LogP contribution in [0.25, 0.3) is 0 Å². The van der Waals surface area contributed by atoms with E-state index in [1.54, 1.807) is 0 Å². The lowest BCUT2D eigenvalue weighted by Crippen LogP contribution is -2.16. The average molecular weight is 332 g/mol. The second-order valence-electron chi connectivity index (χ2n) is 4.11. The summed E-state index contributed by atoms with van der Waals surface area (Å²) in [6.07, 6.45) is 2.55. The summed E-state index contributed by atoms with van der Waals surface area (Å²) in [6, 6.07) is 1.41. The minimum absolute atomic E-state index is 0.0320. The normalized spacial score (nSPS) is 11.9. The maximum atomic E-state index is 10.6. The van der Waals surface area contributed by atoms with Gasteiger partial charge in [-0.3, -0.25) is 14.9 Å². The Labute approximate surface area is 118 Å². The molecule has 0 aliphatic carbocycles. The van der Waals surface area contributed by atoms with E-state index in [9.17, 15) is 14.9 Å². The van der Waals surface area contributed by atoms with Crippen LogP contribution in [-0.2, 0) is 4.79 Å². The van der Waals surface area contributed by atoms with Crippen LogP contribution in [0, 0.1) is 10.1 Å². The van der Waals surface area contributed by atoms with E-state index in [0.717, 1.165) is 0 Å². The number of hydrogen-bond donors (Lipinski definition) is 2. The van der Waals surface area contributed by atoms with Crippen LogP contribution in [-0.4, -0.2) is 27.0 Å². The van der Waals surface area contributed by atoms with Crippen molar-refractivity contribution in [3.63, 3.8) is 0 Å². The standard InChI is InChI=1S/C11H14BrN3O4/c1-7(3-2-4-10(16)17)14-11-9(12)5-8(6-13-11)15(18)19/h5-7H,2-4H2,1H3,(H,13,14)(H,16,17). The highest BCUT2D eigenvalue weighted by atomic mass is 79.9. The molecule has 0 saturated heterocycles. The van der Waals surface area contributed by atoms with Crippen LogP contribution in [0.5, 0.6) is 0 Å². The third-order valence-electron chi connectivity index (χ3n) is 2.45. The number of halogens is 1. The number of anilines is 1. The van der Waals surface area contributed by atoms with Crippen molar-refractivity contribution in [1.82, 2.24) is 4.98 Å². The van der Waals surface area contributed by atoms with E-state index < -0.39 is 10.9 Å². The zero-order valence-electron chi connectivity index (χ0n) is 10.3. The van der Waals surface area contributed by atoms with Gasteiger partial charge in [0.25, 0.3) is 5.69 Å². The Morgan fingerprint density at radius 2 is 2.37 bits per heavy atom. The fourth-order valence-corrected chi connectivity index (χ4v) is 1.95. The first-order chi connectivity index (χ1) is 8.90. The first-order valence-corrected chi connectivity index (χ1v) is 6.47. The molecule has 0 saturated carbocycles. The fourth-order valence-electron chi connectivity index (χ4n) is 1.50. The molecule has 0 aromatic carbocycles. The molecule has 0 fully saturated rings. The Morgan fingerprint density at radius 1 is 1.68 bits per heavy atom. The molecule has 104 valence electrons. The zero-order chi connectivity index (χ0) is 14.4. The molecule has 1 atom stereocenters. The number of carboxylic acids is 1. The van der Waals surface area contributed by atoms with Crippen LogP contribution in [0.1, 0.15) is 26.2 Å². The summed E-state index contributed by atoms with van der Waals surface area (Å²) in [7, 11) is 0. The van der Waals surface area contributed by atoms with Crippen LogP contribution in [0.3, 0.4) is 0 Å². The maximum absolute atomic E-state index is 10.6. The SMILES string of the molecule is CC(CCCC(=O)O)Nc1ncc([N+](=O)[O-])cc1Br. The summed E-state index contributed by atoms with van der Waals surface area (Å²) >= 11 is 3.21. The lowest BCUT2D eigenvalue weighted by molar-refractivity contribution is -0.385. The molecule has 19 heavy (non-hydrogen) atoms. The van der Waals surface area contributed by atoms with Gasteiger partial charge in [0, 0.05) is 18.5 Å². The average Bonchev–Trinajstić information content (AvgIpc) is 2.31. The second kappa shape index (κ2) is 7.03. The summed E-state index contributed by atoms with van der Waals surface area (Å²) in [6.45, 7) is 1.90. The van der Waals surface area contributed by atoms with Gasteiger partial charge in [0.15, 0.2) is 0 Å². The van der Waals surface area contributed by atoms with Gasteiger partial charge in [0.05, 0.1) is 9.40 Å². The second-order valence-corrected chi connectivity index (χ2v) is 4.97. The molecular weight excluding hydrogens is 318 g/mol. The molecular formula is C11H14BrN3O4. The van der Waals surface area contributed by atoms with Gasteiger partial charge in [-0.2, -0.15) is 0 Å². The van der Waals surface area contributed by atoms with E-state index >= 15 is 0 Å². The molecule has 1 heterocycles. The third kappa shape index (κ3) is 5.21. The Balaban J connectivity index is 2.57. The first kappa shape index (κ1) is 15.4. The number of rotatable bonds is 7. The van der Waals surface area contributed by atoms with Gasteiger partial charge in [-0.15, -0.1) is 0 Å². The minimum Gasteiger partial charge on any atom is -0.481 e. The molecule has 8 heteroatoms. The van der Waals surface area contributed by atoms with E-state index in [2.05, 4.69) is 26.2 Å². The number of hydrogen-bond acceptors (Lipinski definition) is 5. The van der Waals surface area contributed by atoms with Crippen molar-refractivity contribution in [3.05, 3.63) is 26.9 Å². The maximum Gasteiger partial charge on any atom is 0.303 e. The number of aromatic nitrogens is 1. The van der Waals surface area contributed by atoms with Gasteiger partial charge >= 0.3 is 5.97 Å². The lowest BCUT2D eigenvalue weighted by atomic mass is 10.1. The molecule has 0 spiro atoms. The smallest absolute Gasteiger partial charge is 0.303 e. The molecule has 0 aliphatic heterocycles. The molecule has 1 unspecified atom stereocenters. The number of carbonyl (C=O) groups is 1. The molecule has 2 N–H and O–H groups in total. The highest BCUT2D eigenvalue weighted by Gasteiger charge is 2.12. The van der Waals surface area contributed by atoms with Crippen LogP contribution < -0.4 is 5.32 Å². The van der Waals surface area contributed by atoms with Crippen molar-refractivity contribution in [1.29, 1.82) is 0 Å². The molecule has 7 nitrogen and oxygen atoms in total. The molecule has 0 aliphatic rings. The van der Waals surface area contributed by atoms with E-state index in [4.69, 9.17) is 5.11 Å². The first-order valence-electron chi connectivity index (χ1n) is 5.68. The van der Waals surface area contributed by atoms with E-state index in [-0.39, 0.29) is 18.2 Å². The van der Waals surface area contributed by atoms with Gasteiger partial charge in [0.1, 0.15) is 12.0 Å². The summed E-state index contributed by atoms with van der Waals surface area (Å²) in [5.41, 5.74) is -0.0871. The number of pyridine rings is 1. The largest absolute Gasteiger partial charge is 0.481 e. The monoisotopic (exact) mass is 331 g/mol. The third-order valence-corrected chi connectivity index (χ3v) is 3.05. The zero-order valence-corrected chi connectivity index (χ0v) is 11.9. The number of nitrogens with zero attached hydrogens (tertiary/aromatic N) is 2. The van der Waals surface area contributed by atoms with E-state index in [0.29, 0.717) is 23.1 Å². The highest BCUT2D eigenvalue weighted by molar-refractivity contribution is 9.10. The molecule has 1 aromatic rings. The van der Waals surface area contributed by atoms with Crippen LogP contribution in [0.2, 0.25) is 0 Å². The predicted octanol–water partition coefficient (Wildman–Crippen LogP) is 2.81. The Morgan fingerprint density at radius 3 is 2.89 bits per heavy atom. The number of nitrogens with one attached hydrogen (secondary N) is 1. The molecule has 1 rings (SSSR count). The molecule has 1 aromatic heterocycles. The van der Waals surface area contributed by atoms with Crippen molar-refractivity contribution in [2.24, 2.45) is 0 Å². The molecule has 0 bridgehead atoms. The van der Waals surface area contributed by atoms with Crippen molar-refractivity contribution in [3.8, 4) is 0 Å². The van der Waals surface area contributed by atoms with Crippen molar-refractivity contribution < 1.29 is 14.8 Å². The highest BCUT2D eigenvalue weighted by Crippen LogP contribution is 2.25. The number of carboxylic acid groups (broad SMARTS) is 1. The summed E-state index contributed by atoms with van der Waals surface area (Å²) in [5.74, 6) is -0.310. The molecule has 0 radical (unpaired) electrons. The van der Waals surface area contributed by atoms with Crippen LogP contribution in [0.4, 0.5) is 11.5 Å². The Kier molecular flexibility index (Phi) is 5.68. The topological polar surface area (TPSA) is 105 Å². The van der Waals surface area contributed by atoms with Gasteiger partial charge < -0.3 is 10.4 Å². The summed E-state index contributed by atoms with van der Waals surface area (Å²) in [5, 5.41) is 22.2. The van der Waals surface area contributed by atoms with Gasteiger partial charge in [-0.05, 0) is 35.7 Å². The van der Waals surface area contributed by atoms with Crippen LogP contribution >= 0.6 is 15.9 Å². The number of nitro groups is 1. The van der Waals surface area contributed by atoms with Gasteiger partial charge in [-0.1, -0.05) is 0 Å². The minimum atomic E-state index is -0.818. The number of aliphatic carboxylic acids is 1. The lowest BCUT2D eigenvalue weighted by Gasteiger charge is -2.14. The summed E-state index contributed by atoms with van der Waals surface area (Å²) < 4.78 is 0.506. The quantitative estimate of drug-likeness (QED) is 0.587. The molecule has 0 amide bonds. The van der Waals surface area contributed by atoms with Gasteiger partial charge in [0.2, 0.25) is 0 Å². The van der Waals surface area contributed by atoms with Crippen LogP contribution in [0.15, 0.2) is 16.7 Å². The van der Waals surface area contributed by atoms with Gasteiger partial charge in [-0.25, -0.2) is 4.98 Å².